The van der Waals surface area contributed by atoms with Crippen molar-refractivity contribution in [1.29, 1.82) is 0 Å². The molecule has 2 heterocycles. The summed E-state index contributed by atoms with van der Waals surface area (Å²) in [5.74, 6) is 0.165. The molecule has 146 valence electrons. The lowest BCUT2D eigenvalue weighted by molar-refractivity contribution is -0.119. The highest BCUT2D eigenvalue weighted by Crippen LogP contribution is 2.41. The van der Waals surface area contributed by atoms with Crippen molar-refractivity contribution in [2.45, 2.75) is 83.6 Å². The van der Waals surface area contributed by atoms with E-state index < -0.39 is 0 Å². The quantitative estimate of drug-likeness (QED) is 0.751. The van der Waals surface area contributed by atoms with E-state index in [2.05, 4.69) is 38.7 Å². The molecule has 5 nitrogen and oxygen atoms in total. The molecule has 1 amide bonds. The zero-order valence-electron chi connectivity index (χ0n) is 17.4. The number of carbonyl (C=O) groups is 1. The SMILES string of the molecule is C[C@@H]1C(=O)N(C)c2ccc(B3OC(C)(C)C(C)(C)O3)cc2N1C1CCCC1. The van der Waals surface area contributed by atoms with Gasteiger partial charge in [0.25, 0.3) is 0 Å². The summed E-state index contributed by atoms with van der Waals surface area (Å²) in [5.41, 5.74) is 2.40. The van der Waals surface area contributed by atoms with Crippen LogP contribution in [0.25, 0.3) is 0 Å². The molecule has 1 saturated carbocycles. The number of carbonyl (C=O) groups excluding carboxylic acids is 1. The van der Waals surface area contributed by atoms with Crippen LogP contribution in [0.4, 0.5) is 11.4 Å². The van der Waals surface area contributed by atoms with Crippen molar-refractivity contribution in [3.05, 3.63) is 18.2 Å². The standard InChI is InChI=1S/C21H31BN2O3/c1-14-19(25)23(6)17-12-11-15(22-26-20(2,3)21(4,5)27-22)13-18(17)24(14)16-9-7-8-10-16/h11-14,16H,7-10H2,1-6H3/t14-/m1/s1. The number of hydrogen-bond acceptors (Lipinski definition) is 4. The van der Waals surface area contributed by atoms with Gasteiger partial charge in [-0.2, -0.15) is 0 Å². The highest BCUT2D eigenvalue weighted by atomic mass is 16.7. The number of amides is 1. The summed E-state index contributed by atoms with van der Waals surface area (Å²) < 4.78 is 12.5. The van der Waals surface area contributed by atoms with Crippen LogP contribution in [0.15, 0.2) is 18.2 Å². The Kier molecular flexibility index (Phi) is 4.35. The summed E-state index contributed by atoms with van der Waals surface area (Å²) in [6.45, 7) is 10.3. The zero-order valence-corrected chi connectivity index (χ0v) is 17.4. The molecular formula is C21H31BN2O3. The van der Waals surface area contributed by atoms with Crippen molar-refractivity contribution in [1.82, 2.24) is 0 Å². The molecule has 0 spiro atoms. The number of hydrogen-bond donors (Lipinski definition) is 0. The molecule has 1 aromatic carbocycles. The molecule has 4 rings (SSSR count). The van der Waals surface area contributed by atoms with Gasteiger partial charge in [0.1, 0.15) is 6.04 Å². The Morgan fingerprint density at radius 2 is 1.63 bits per heavy atom. The minimum Gasteiger partial charge on any atom is -0.399 e. The largest absolute Gasteiger partial charge is 0.494 e. The molecule has 1 aromatic rings. The summed E-state index contributed by atoms with van der Waals surface area (Å²) in [6, 6.07) is 6.55. The van der Waals surface area contributed by atoms with E-state index in [1.54, 1.807) is 4.90 Å². The smallest absolute Gasteiger partial charge is 0.399 e. The van der Waals surface area contributed by atoms with Crippen molar-refractivity contribution >= 4 is 29.9 Å². The molecule has 0 unspecified atom stereocenters. The summed E-state index contributed by atoms with van der Waals surface area (Å²) >= 11 is 0. The molecule has 0 bridgehead atoms. The molecule has 0 aromatic heterocycles. The number of nitrogens with zero attached hydrogens (tertiary/aromatic N) is 2. The average molecular weight is 370 g/mol. The first-order valence-corrected chi connectivity index (χ1v) is 10.2. The fraction of sp³-hybridized carbons (Fsp3) is 0.667. The summed E-state index contributed by atoms with van der Waals surface area (Å²) in [4.78, 5) is 16.9. The summed E-state index contributed by atoms with van der Waals surface area (Å²) in [6.07, 6.45) is 4.79. The van der Waals surface area contributed by atoms with Gasteiger partial charge in [0.15, 0.2) is 0 Å². The van der Waals surface area contributed by atoms with Gasteiger partial charge in [-0.25, -0.2) is 0 Å². The van der Waals surface area contributed by atoms with Gasteiger partial charge < -0.3 is 19.1 Å². The van der Waals surface area contributed by atoms with Crippen LogP contribution < -0.4 is 15.3 Å². The van der Waals surface area contributed by atoms with Gasteiger partial charge in [-0.3, -0.25) is 4.79 Å². The fourth-order valence-corrected chi connectivity index (χ4v) is 4.58. The van der Waals surface area contributed by atoms with Crippen molar-refractivity contribution in [2.75, 3.05) is 16.8 Å². The van der Waals surface area contributed by atoms with Crippen molar-refractivity contribution in [2.24, 2.45) is 0 Å². The normalized spacial score (nSPS) is 27.4. The van der Waals surface area contributed by atoms with E-state index in [4.69, 9.17) is 9.31 Å². The van der Waals surface area contributed by atoms with Crippen molar-refractivity contribution < 1.29 is 14.1 Å². The first kappa shape index (κ1) is 18.8. The summed E-state index contributed by atoms with van der Waals surface area (Å²) in [5, 5.41) is 0. The van der Waals surface area contributed by atoms with Gasteiger partial charge in [0.05, 0.1) is 22.6 Å². The molecule has 1 atom stereocenters. The van der Waals surface area contributed by atoms with E-state index in [9.17, 15) is 4.79 Å². The second-order valence-corrected chi connectivity index (χ2v) is 9.26. The molecule has 2 fully saturated rings. The van der Waals surface area contributed by atoms with Gasteiger partial charge in [-0.1, -0.05) is 18.9 Å². The first-order chi connectivity index (χ1) is 12.6. The lowest BCUT2D eigenvalue weighted by Crippen LogP contribution is -2.54. The maximum Gasteiger partial charge on any atom is 0.494 e. The number of rotatable bonds is 2. The molecule has 6 heteroatoms. The Morgan fingerprint density at radius 3 is 2.22 bits per heavy atom. The lowest BCUT2D eigenvalue weighted by atomic mass is 9.78. The van der Waals surface area contributed by atoms with Gasteiger partial charge in [-0.15, -0.1) is 0 Å². The van der Waals surface area contributed by atoms with Crippen LogP contribution in [0.5, 0.6) is 0 Å². The van der Waals surface area contributed by atoms with Gasteiger partial charge in [0, 0.05) is 13.1 Å². The van der Waals surface area contributed by atoms with Crippen LogP contribution in [0.2, 0.25) is 0 Å². The number of anilines is 2. The predicted octanol–water partition coefficient (Wildman–Crippen LogP) is 3.10. The van der Waals surface area contributed by atoms with Crippen molar-refractivity contribution in [3.8, 4) is 0 Å². The van der Waals surface area contributed by atoms with Gasteiger partial charge >= 0.3 is 7.12 Å². The molecule has 1 saturated heterocycles. The van der Waals surface area contributed by atoms with E-state index in [1.807, 2.05) is 26.1 Å². The third-order valence-corrected chi connectivity index (χ3v) is 6.99. The van der Waals surface area contributed by atoms with E-state index in [1.165, 1.54) is 12.8 Å². The Hall–Kier alpha value is -1.53. The monoisotopic (exact) mass is 370 g/mol. The predicted molar refractivity (Wildman–Crippen MR) is 110 cm³/mol. The molecular weight excluding hydrogens is 339 g/mol. The van der Waals surface area contributed by atoms with Crippen LogP contribution in [-0.4, -0.2) is 43.4 Å². The molecule has 3 aliphatic rings. The first-order valence-electron chi connectivity index (χ1n) is 10.2. The highest BCUT2D eigenvalue weighted by molar-refractivity contribution is 6.62. The topological polar surface area (TPSA) is 42.0 Å². The summed E-state index contributed by atoms with van der Waals surface area (Å²) in [7, 11) is 1.49. The Morgan fingerprint density at radius 1 is 1.04 bits per heavy atom. The number of fused-ring (bicyclic) bond motifs is 1. The fourth-order valence-electron chi connectivity index (χ4n) is 4.58. The second-order valence-electron chi connectivity index (χ2n) is 9.26. The van der Waals surface area contributed by atoms with Gasteiger partial charge in [-0.05, 0) is 65.1 Å². The minimum absolute atomic E-state index is 0.140. The molecule has 0 radical (unpaired) electrons. The minimum atomic E-state index is -0.385. The number of likely N-dealkylation sites (N-methyl/N-ethyl adjacent to an activating group) is 1. The molecule has 0 N–H and O–H groups in total. The molecule has 1 aliphatic carbocycles. The second kappa shape index (κ2) is 6.24. The Bertz CT molecular complexity index is 742. The van der Waals surface area contributed by atoms with E-state index in [0.29, 0.717) is 6.04 Å². The zero-order chi connectivity index (χ0) is 19.6. The van der Waals surface area contributed by atoms with Crippen LogP contribution in [-0.2, 0) is 14.1 Å². The van der Waals surface area contributed by atoms with Crippen molar-refractivity contribution in [3.63, 3.8) is 0 Å². The van der Waals surface area contributed by atoms with E-state index in [0.717, 1.165) is 29.7 Å². The van der Waals surface area contributed by atoms with Crippen LogP contribution in [0.1, 0.15) is 60.3 Å². The van der Waals surface area contributed by atoms with Crippen LogP contribution >= 0.6 is 0 Å². The molecule has 27 heavy (non-hydrogen) atoms. The van der Waals surface area contributed by atoms with Crippen LogP contribution in [0.3, 0.4) is 0 Å². The third-order valence-electron chi connectivity index (χ3n) is 6.99. The maximum absolute atomic E-state index is 12.8. The van der Waals surface area contributed by atoms with E-state index in [-0.39, 0.29) is 30.3 Å². The van der Waals surface area contributed by atoms with E-state index >= 15 is 0 Å². The maximum atomic E-state index is 12.8. The average Bonchev–Trinajstić information content (AvgIpc) is 3.19. The third kappa shape index (κ3) is 2.88. The highest BCUT2D eigenvalue weighted by Gasteiger charge is 2.52. The Balaban J connectivity index is 1.74. The van der Waals surface area contributed by atoms with Gasteiger partial charge in [0.2, 0.25) is 5.91 Å². The lowest BCUT2D eigenvalue weighted by Gasteiger charge is -2.44. The Labute approximate surface area is 163 Å². The van der Waals surface area contributed by atoms with Crippen LogP contribution in [0, 0.1) is 0 Å². The number of benzene rings is 1. The molecule has 2 aliphatic heterocycles.